The van der Waals surface area contributed by atoms with Crippen molar-refractivity contribution in [2.45, 2.75) is 136 Å². The maximum Gasteiger partial charge on any atom is 0.184 e. The molecule has 0 spiro atoms. The molecule has 4 rings (SSSR count). The van der Waals surface area contributed by atoms with E-state index in [2.05, 4.69) is 60.1 Å². The third-order valence-corrected chi connectivity index (χ3v) is 12.7. The van der Waals surface area contributed by atoms with E-state index in [1.807, 2.05) is 0 Å². The SMILES string of the molecule is CC(O[Si](C)(C)C)[C@@]1(O)CC[C@H]2[C@@H]3CC[C@@H]4C[C@H](O[Si](C)(C)C)CC[C@]4(C)[C@H]3CC[C@@]21C. The zero-order chi connectivity index (χ0) is 23.7. The number of fused-ring (bicyclic) bond motifs is 5. The highest BCUT2D eigenvalue weighted by molar-refractivity contribution is 6.70. The Morgan fingerprint density at radius 3 is 2.09 bits per heavy atom. The fourth-order valence-corrected chi connectivity index (χ4v) is 11.6. The summed E-state index contributed by atoms with van der Waals surface area (Å²) in [6.45, 7) is 21.0. The summed E-state index contributed by atoms with van der Waals surface area (Å²) in [4.78, 5) is 0. The normalized spacial score (nSPS) is 48.0. The smallest absolute Gasteiger partial charge is 0.184 e. The molecule has 0 amide bonds. The van der Waals surface area contributed by atoms with Gasteiger partial charge in [-0.1, -0.05) is 13.8 Å². The van der Waals surface area contributed by atoms with E-state index in [4.69, 9.17) is 8.85 Å². The molecule has 4 aliphatic rings. The second-order valence-corrected chi connectivity index (χ2v) is 23.5. The molecular formula is C27H52O3Si2. The molecule has 0 saturated heterocycles. The van der Waals surface area contributed by atoms with Crippen LogP contribution < -0.4 is 0 Å². The molecule has 9 atom stereocenters. The summed E-state index contributed by atoms with van der Waals surface area (Å²) in [5.41, 5.74) is -0.178. The van der Waals surface area contributed by atoms with E-state index in [9.17, 15) is 5.11 Å². The monoisotopic (exact) mass is 480 g/mol. The van der Waals surface area contributed by atoms with Crippen molar-refractivity contribution in [1.82, 2.24) is 0 Å². The van der Waals surface area contributed by atoms with Crippen LogP contribution in [0.3, 0.4) is 0 Å². The lowest BCUT2D eigenvalue weighted by Gasteiger charge is -2.62. The van der Waals surface area contributed by atoms with Crippen LogP contribution in [0.15, 0.2) is 0 Å². The van der Waals surface area contributed by atoms with Crippen molar-refractivity contribution in [2.75, 3.05) is 0 Å². The summed E-state index contributed by atoms with van der Waals surface area (Å²) >= 11 is 0. The van der Waals surface area contributed by atoms with Gasteiger partial charge in [0.1, 0.15) is 0 Å². The minimum absolute atomic E-state index is 0.00851. The van der Waals surface area contributed by atoms with Gasteiger partial charge >= 0.3 is 0 Å². The van der Waals surface area contributed by atoms with Gasteiger partial charge in [0.15, 0.2) is 16.6 Å². The first-order valence-corrected chi connectivity index (χ1v) is 20.5. The van der Waals surface area contributed by atoms with Crippen LogP contribution in [0.4, 0.5) is 0 Å². The average Bonchev–Trinajstić information content (AvgIpc) is 2.92. The van der Waals surface area contributed by atoms with E-state index in [0.29, 0.717) is 17.4 Å². The van der Waals surface area contributed by atoms with Gasteiger partial charge in [0.25, 0.3) is 0 Å². The zero-order valence-corrected chi connectivity index (χ0v) is 24.6. The van der Waals surface area contributed by atoms with Crippen LogP contribution in [-0.4, -0.2) is 39.6 Å². The molecule has 5 heteroatoms. The van der Waals surface area contributed by atoms with Crippen LogP contribution in [0.25, 0.3) is 0 Å². The Bertz CT molecular complexity index is 700. The minimum Gasteiger partial charge on any atom is -0.415 e. The van der Waals surface area contributed by atoms with Crippen LogP contribution in [0.5, 0.6) is 0 Å². The molecule has 1 unspecified atom stereocenters. The standard InChI is InChI=1S/C27H52O3Si2/c1-19(29-31(4,5)6)27(28)17-14-24-22-11-10-20-18-21(30-32(7,8)9)12-15-25(20,2)23(22)13-16-26(24,27)3/h19-24,28H,10-18H2,1-9H3/t19?,20-,21-,22-,23+,24+,25+,26+,27+/m1/s1. The fourth-order valence-electron chi connectivity index (χ4n) is 9.17. The third-order valence-electron chi connectivity index (χ3n) is 10.6. The second kappa shape index (κ2) is 8.18. The molecule has 4 saturated carbocycles. The second-order valence-electron chi connectivity index (χ2n) is 14.6. The Kier molecular flexibility index (Phi) is 6.49. The largest absolute Gasteiger partial charge is 0.415 e. The number of aliphatic hydroxyl groups is 1. The molecule has 0 aromatic rings. The van der Waals surface area contributed by atoms with Crippen LogP contribution >= 0.6 is 0 Å². The maximum absolute atomic E-state index is 12.1. The molecule has 0 bridgehead atoms. The lowest BCUT2D eigenvalue weighted by atomic mass is 9.44. The molecule has 4 fully saturated rings. The quantitative estimate of drug-likeness (QED) is 0.422. The molecule has 3 nitrogen and oxygen atoms in total. The Balaban J connectivity index is 1.52. The molecule has 0 heterocycles. The first-order chi connectivity index (χ1) is 14.6. The molecule has 0 aromatic carbocycles. The molecule has 4 aliphatic carbocycles. The summed E-state index contributed by atoms with van der Waals surface area (Å²) in [7, 11) is -3.16. The molecule has 0 aliphatic heterocycles. The van der Waals surface area contributed by atoms with E-state index in [-0.39, 0.29) is 11.5 Å². The van der Waals surface area contributed by atoms with Crippen molar-refractivity contribution < 1.29 is 14.0 Å². The molecule has 1 N–H and O–H groups in total. The van der Waals surface area contributed by atoms with Crippen LogP contribution in [-0.2, 0) is 8.85 Å². The molecule has 0 aromatic heterocycles. The topological polar surface area (TPSA) is 38.7 Å². The third kappa shape index (κ3) is 4.25. The van der Waals surface area contributed by atoms with Gasteiger partial charge in [-0.25, -0.2) is 0 Å². The summed E-state index contributed by atoms with van der Waals surface area (Å²) in [6.07, 6.45) is 11.7. The van der Waals surface area contributed by atoms with Gasteiger partial charge < -0.3 is 14.0 Å². The summed E-state index contributed by atoms with van der Waals surface area (Å²) < 4.78 is 13.1. The van der Waals surface area contributed by atoms with Crippen LogP contribution in [0.2, 0.25) is 39.3 Å². The first-order valence-electron chi connectivity index (χ1n) is 13.7. The van der Waals surface area contributed by atoms with Crippen LogP contribution in [0, 0.1) is 34.5 Å². The Morgan fingerprint density at radius 1 is 0.812 bits per heavy atom. The fraction of sp³-hybridized carbons (Fsp3) is 1.00. The number of rotatable bonds is 5. The zero-order valence-electron chi connectivity index (χ0n) is 22.6. The Labute approximate surface area is 200 Å². The van der Waals surface area contributed by atoms with E-state index in [1.54, 1.807) is 0 Å². The molecule has 186 valence electrons. The lowest BCUT2D eigenvalue weighted by Crippen LogP contribution is -2.60. The van der Waals surface area contributed by atoms with Gasteiger partial charge in [-0.05, 0) is 133 Å². The van der Waals surface area contributed by atoms with Gasteiger partial charge in [-0.15, -0.1) is 0 Å². The highest BCUT2D eigenvalue weighted by Gasteiger charge is 2.66. The van der Waals surface area contributed by atoms with Crippen molar-refractivity contribution in [3.8, 4) is 0 Å². The molecule has 32 heavy (non-hydrogen) atoms. The van der Waals surface area contributed by atoms with Crippen molar-refractivity contribution in [3.63, 3.8) is 0 Å². The van der Waals surface area contributed by atoms with E-state index in [0.717, 1.165) is 24.2 Å². The van der Waals surface area contributed by atoms with Crippen molar-refractivity contribution in [1.29, 1.82) is 0 Å². The summed E-state index contributed by atoms with van der Waals surface area (Å²) in [6, 6.07) is 0. The lowest BCUT2D eigenvalue weighted by molar-refractivity contribution is -0.182. The van der Waals surface area contributed by atoms with Gasteiger partial charge in [-0.3, -0.25) is 0 Å². The number of hydrogen-bond acceptors (Lipinski definition) is 3. The van der Waals surface area contributed by atoms with Crippen LogP contribution in [0.1, 0.15) is 78.6 Å². The van der Waals surface area contributed by atoms with Gasteiger partial charge in [0.2, 0.25) is 0 Å². The van der Waals surface area contributed by atoms with E-state index >= 15 is 0 Å². The highest BCUT2D eigenvalue weighted by atomic mass is 28.4. The summed E-state index contributed by atoms with van der Waals surface area (Å²) in [5.74, 6) is 3.12. The van der Waals surface area contributed by atoms with Crippen molar-refractivity contribution in [2.24, 2.45) is 34.5 Å². The predicted octanol–water partition coefficient (Wildman–Crippen LogP) is 7.22. The first kappa shape index (κ1) is 25.4. The Morgan fingerprint density at radius 2 is 1.47 bits per heavy atom. The van der Waals surface area contributed by atoms with E-state index < -0.39 is 22.2 Å². The summed E-state index contributed by atoms with van der Waals surface area (Å²) in [5, 5.41) is 12.1. The van der Waals surface area contributed by atoms with Gasteiger partial charge in [0, 0.05) is 11.5 Å². The molecule has 0 radical (unpaired) electrons. The average molecular weight is 481 g/mol. The maximum atomic E-state index is 12.1. The minimum atomic E-state index is -1.69. The van der Waals surface area contributed by atoms with Gasteiger partial charge in [-0.2, -0.15) is 0 Å². The predicted molar refractivity (Wildman–Crippen MR) is 139 cm³/mol. The van der Waals surface area contributed by atoms with Crippen molar-refractivity contribution >= 4 is 16.6 Å². The highest BCUT2D eigenvalue weighted by Crippen LogP contribution is 2.69. The van der Waals surface area contributed by atoms with Gasteiger partial charge in [0.05, 0.1) is 11.7 Å². The van der Waals surface area contributed by atoms with E-state index in [1.165, 1.54) is 51.4 Å². The number of hydrogen-bond donors (Lipinski definition) is 1. The molecular weight excluding hydrogens is 428 g/mol. The Hall–Kier alpha value is 0.314. The van der Waals surface area contributed by atoms with Crippen molar-refractivity contribution in [3.05, 3.63) is 0 Å².